The Kier molecular flexibility index (Phi) is 18.3. The lowest BCUT2D eigenvalue weighted by Crippen LogP contribution is -2.24. The molecule has 2 heterocycles. The highest BCUT2D eigenvalue weighted by Crippen LogP contribution is 2.37. The molecule has 0 aliphatic carbocycles. The van der Waals surface area contributed by atoms with Crippen molar-refractivity contribution in [3.63, 3.8) is 0 Å². The van der Waals surface area contributed by atoms with Gasteiger partial charge in [-0.25, -0.2) is 8.78 Å². The maximum absolute atomic E-state index is 13.2. The highest BCUT2D eigenvalue weighted by molar-refractivity contribution is 6.63. The Morgan fingerprint density at radius 1 is 0.696 bits per heavy atom. The minimum absolute atomic E-state index is 0. The molecule has 3 N–H and O–H groups in total. The zero-order valence-corrected chi connectivity index (χ0v) is 34.4. The molecular formula is C47H63ClF2N4O2. The number of hydrogen-bond acceptors (Lipinski definition) is 5. The van der Waals surface area contributed by atoms with E-state index in [0.717, 1.165) is 98.3 Å². The van der Waals surface area contributed by atoms with Crippen molar-refractivity contribution in [2.45, 2.75) is 126 Å². The van der Waals surface area contributed by atoms with Gasteiger partial charge in [-0.15, -0.1) is 0 Å². The van der Waals surface area contributed by atoms with Gasteiger partial charge in [-0.1, -0.05) is 45.5 Å². The number of aryl methyl sites for hydroxylation is 2. The minimum Gasteiger partial charge on any atom is -0.398 e. The topological polar surface area (TPSA) is 78.7 Å². The van der Waals surface area contributed by atoms with Crippen molar-refractivity contribution in [2.75, 3.05) is 33.9 Å². The van der Waals surface area contributed by atoms with E-state index in [0.29, 0.717) is 12.8 Å². The summed E-state index contributed by atoms with van der Waals surface area (Å²) in [5.41, 5.74) is 20.2. The molecule has 0 atom stereocenters. The molecule has 6 nitrogen and oxygen atoms in total. The zero-order valence-electron chi connectivity index (χ0n) is 33.6. The molecule has 56 heavy (non-hydrogen) atoms. The molecule has 0 saturated carbocycles. The predicted molar refractivity (Wildman–Crippen MR) is 233 cm³/mol. The molecule has 6 rings (SSSR count). The van der Waals surface area contributed by atoms with Gasteiger partial charge in [0.2, 0.25) is 11.1 Å². The van der Waals surface area contributed by atoms with Crippen molar-refractivity contribution >= 4 is 45.5 Å². The molecule has 304 valence electrons. The lowest BCUT2D eigenvalue weighted by atomic mass is 9.96. The first-order valence-electron chi connectivity index (χ1n) is 19.8. The Labute approximate surface area is 339 Å². The number of nitrogens with zero attached hydrogens (tertiary/aromatic N) is 2. The van der Waals surface area contributed by atoms with Gasteiger partial charge in [-0.2, -0.15) is 0 Å². The van der Waals surface area contributed by atoms with Gasteiger partial charge in [0.15, 0.2) is 0 Å². The third kappa shape index (κ3) is 12.8. The summed E-state index contributed by atoms with van der Waals surface area (Å²) in [6.07, 6.45) is 9.50. The number of hydrogen-bond donors (Lipinski definition) is 2. The molecule has 2 aliphatic rings. The van der Waals surface area contributed by atoms with Gasteiger partial charge in [-0.3, -0.25) is 9.59 Å². The van der Waals surface area contributed by atoms with Crippen molar-refractivity contribution in [1.82, 2.24) is 0 Å². The molecule has 9 heteroatoms. The van der Waals surface area contributed by atoms with Crippen LogP contribution in [-0.4, -0.2) is 24.2 Å². The second-order valence-electron chi connectivity index (χ2n) is 14.8. The Hall–Kier alpha value is -4.43. The summed E-state index contributed by atoms with van der Waals surface area (Å²) < 4.78 is 26.3. The summed E-state index contributed by atoms with van der Waals surface area (Å²) in [5.74, 6) is -0.297. The number of amides is 1. The van der Waals surface area contributed by atoms with Crippen molar-refractivity contribution < 1.29 is 18.4 Å². The summed E-state index contributed by atoms with van der Waals surface area (Å²) in [6, 6.07) is 18.0. The van der Waals surface area contributed by atoms with E-state index in [1.165, 1.54) is 70.7 Å². The third-order valence-corrected chi connectivity index (χ3v) is 10.7. The molecule has 4 aromatic carbocycles. The Morgan fingerprint density at radius 3 is 1.57 bits per heavy atom. The summed E-state index contributed by atoms with van der Waals surface area (Å²) >= 11 is 4.94. The number of nitrogens with one attached hydrogen (secondary N) is 1. The van der Waals surface area contributed by atoms with E-state index < -0.39 is 0 Å². The largest absolute Gasteiger partial charge is 0.398 e. The quantitative estimate of drug-likeness (QED) is 0.130. The van der Waals surface area contributed by atoms with Crippen LogP contribution in [0.5, 0.6) is 0 Å². The fraction of sp³-hybridized carbons (Fsp3) is 0.447. The fourth-order valence-electron chi connectivity index (χ4n) is 7.44. The standard InChI is InChI=1S/C23H29FN2O.C19H23FN2.C4H7ClO.CH4/c1-4-7-22(27)25-23-16(2)14-21-20(17(23)3)8-5-6-13-26(21)15-18-9-11-19(24)12-10-18;1-13-11-18-17(14(2)19(13)21)5-3-4-10-22(18)12-15-6-8-16(20)9-7-15;1-2-3-4(5)6;/h9-12,14H,4-8,13,15H2,1-3H3,(H,25,27);6-9,11H,3-5,10,12,21H2,1-2H3;2-3H2,1H3;1H4. The molecule has 2 aliphatic heterocycles. The molecule has 4 aromatic rings. The number of halogens is 3. The van der Waals surface area contributed by atoms with Crippen LogP contribution in [0.3, 0.4) is 0 Å². The smallest absolute Gasteiger partial charge is 0.224 e. The number of nitrogen functional groups attached to an aromatic ring is 1. The van der Waals surface area contributed by atoms with E-state index in [9.17, 15) is 18.4 Å². The summed E-state index contributed by atoms with van der Waals surface area (Å²) in [7, 11) is 0. The maximum Gasteiger partial charge on any atom is 0.224 e. The molecule has 0 unspecified atom stereocenters. The Balaban J connectivity index is 0.000000262. The van der Waals surface area contributed by atoms with Crippen molar-refractivity contribution in [3.8, 4) is 0 Å². The molecule has 0 fully saturated rings. The lowest BCUT2D eigenvalue weighted by Gasteiger charge is -2.28. The average molecular weight is 789 g/mol. The SMILES string of the molecule is C.CCCC(=O)Cl.CCCC(=O)Nc1c(C)cc2c(c1C)CCCCN2Cc1ccc(F)cc1.Cc1cc2c(c(C)c1N)CCCCN2Cc1ccc(F)cc1. The number of benzene rings is 4. The monoisotopic (exact) mass is 788 g/mol. The van der Waals surface area contributed by atoms with Gasteiger partial charge in [0.25, 0.3) is 0 Å². The van der Waals surface area contributed by atoms with Crippen LogP contribution in [0.2, 0.25) is 0 Å². The van der Waals surface area contributed by atoms with Crippen LogP contribution in [-0.2, 0) is 35.5 Å². The van der Waals surface area contributed by atoms with E-state index in [-0.39, 0.29) is 30.2 Å². The molecule has 0 saturated heterocycles. The predicted octanol–water partition coefficient (Wildman–Crippen LogP) is 12.1. The first-order chi connectivity index (χ1) is 26.3. The average Bonchev–Trinajstić information content (AvgIpc) is 3.47. The summed E-state index contributed by atoms with van der Waals surface area (Å²) in [5, 5.41) is 2.88. The van der Waals surface area contributed by atoms with Crippen LogP contribution in [0.15, 0.2) is 60.7 Å². The normalized spacial score (nSPS) is 13.3. The lowest BCUT2D eigenvalue weighted by molar-refractivity contribution is -0.116. The number of carbonyl (C=O) groups is 2. The number of fused-ring (bicyclic) bond motifs is 2. The van der Waals surface area contributed by atoms with Crippen molar-refractivity contribution in [1.29, 1.82) is 0 Å². The molecule has 0 bridgehead atoms. The number of rotatable bonds is 9. The fourth-order valence-corrected chi connectivity index (χ4v) is 7.62. The van der Waals surface area contributed by atoms with Gasteiger partial charge >= 0.3 is 0 Å². The van der Waals surface area contributed by atoms with Crippen LogP contribution in [0, 0.1) is 39.3 Å². The maximum atomic E-state index is 13.2. The highest BCUT2D eigenvalue weighted by atomic mass is 35.5. The number of carbonyl (C=O) groups excluding carboxylic acids is 2. The van der Waals surface area contributed by atoms with Crippen LogP contribution < -0.4 is 20.9 Å². The van der Waals surface area contributed by atoms with E-state index in [4.69, 9.17) is 17.3 Å². The summed E-state index contributed by atoms with van der Waals surface area (Å²) in [6.45, 7) is 15.9. The first kappa shape index (κ1) is 46.0. The van der Waals surface area contributed by atoms with Crippen molar-refractivity contribution in [2.24, 2.45) is 0 Å². The van der Waals surface area contributed by atoms with Gasteiger partial charge in [-0.05, 0) is 172 Å². The van der Waals surface area contributed by atoms with E-state index in [2.05, 4.69) is 54.9 Å². The third-order valence-electron chi connectivity index (χ3n) is 10.5. The second kappa shape index (κ2) is 22.3. The Morgan fingerprint density at radius 2 is 1.14 bits per heavy atom. The van der Waals surface area contributed by atoms with E-state index >= 15 is 0 Å². The second-order valence-corrected chi connectivity index (χ2v) is 15.3. The highest BCUT2D eigenvalue weighted by Gasteiger charge is 2.22. The van der Waals surface area contributed by atoms with Gasteiger partial charge < -0.3 is 20.9 Å². The molecule has 0 spiro atoms. The van der Waals surface area contributed by atoms with Crippen LogP contribution in [0.4, 0.5) is 31.5 Å². The number of anilines is 4. The molecule has 0 aromatic heterocycles. The van der Waals surface area contributed by atoms with Gasteiger partial charge in [0.05, 0.1) is 0 Å². The summed E-state index contributed by atoms with van der Waals surface area (Å²) in [4.78, 5) is 26.8. The first-order valence-corrected chi connectivity index (χ1v) is 20.2. The zero-order chi connectivity index (χ0) is 40.1. The van der Waals surface area contributed by atoms with E-state index in [1.54, 1.807) is 0 Å². The van der Waals surface area contributed by atoms with E-state index in [1.807, 2.05) is 38.1 Å². The van der Waals surface area contributed by atoms with Crippen molar-refractivity contribution in [3.05, 3.63) is 117 Å². The Bertz CT molecular complexity index is 1900. The molecule has 1 amide bonds. The molecular weight excluding hydrogens is 726 g/mol. The number of nitrogens with two attached hydrogens (primary N) is 1. The minimum atomic E-state index is -0.238. The molecule has 0 radical (unpaired) electrons. The van der Waals surface area contributed by atoms with Crippen LogP contribution in [0.25, 0.3) is 0 Å². The van der Waals surface area contributed by atoms with Crippen LogP contribution in [0.1, 0.15) is 117 Å². The van der Waals surface area contributed by atoms with Crippen LogP contribution >= 0.6 is 11.6 Å². The van der Waals surface area contributed by atoms with Gasteiger partial charge in [0.1, 0.15) is 11.6 Å². The van der Waals surface area contributed by atoms with Gasteiger partial charge in [0, 0.05) is 61.8 Å².